The molecule has 2 aromatic carbocycles. The van der Waals surface area contributed by atoms with Crippen molar-refractivity contribution in [1.82, 2.24) is 0 Å². The number of para-hydroxylation sites is 1. The molecular weight excluding hydrogens is 396 g/mol. The molecule has 2 aromatic rings. The van der Waals surface area contributed by atoms with Gasteiger partial charge in [0.2, 0.25) is 5.91 Å². The third-order valence-corrected chi connectivity index (χ3v) is 5.45. The Morgan fingerprint density at radius 1 is 0.962 bits per heavy atom. The third kappa shape index (κ3) is 2.73. The molecule has 2 heterocycles. The second-order valence-corrected chi connectivity index (χ2v) is 7.47. The van der Waals surface area contributed by atoms with Crippen LogP contribution in [0.15, 0.2) is 59.1 Å². The Morgan fingerprint density at radius 2 is 1.65 bits per heavy atom. The number of hydrogen-bond donors (Lipinski definition) is 0. The molecule has 134 valence electrons. The van der Waals surface area contributed by atoms with Crippen LogP contribution in [0, 0.1) is 5.92 Å². The summed E-state index contributed by atoms with van der Waals surface area (Å²) in [5.74, 6) is -0.952. The van der Waals surface area contributed by atoms with E-state index in [0.717, 1.165) is 23.0 Å². The summed E-state index contributed by atoms with van der Waals surface area (Å²) in [6.07, 6.45) is 0.923. The maximum absolute atomic E-state index is 13.1. The van der Waals surface area contributed by atoms with E-state index in [-0.39, 0.29) is 17.9 Å². The summed E-state index contributed by atoms with van der Waals surface area (Å²) in [7, 11) is 0. The lowest BCUT2D eigenvalue weighted by Gasteiger charge is -2.28. The fraction of sp³-hybridized carbons (Fsp3) is 0.300. The molecule has 2 amide bonds. The highest BCUT2D eigenvalue weighted by atomic mass is 79.9. The highest BCUT2D eigenvalue weighted by Crippen LogP contribution is 2.41. The van der Waals surface area contributed by atoms with E-state index in [1.165, 1.54) is 4.90 Å². The minimum atomic E-state index is -0.761. The van der Waals surface area contributed by atoms with Gasteiger partial charge in [-0.1, -0.05) is 47.5 Å². The van der Waals surface area contributed by atoms with Gasteiger partial charge in [0.1, 0.15) is 0 Å². The van der Waals surface area contributed by atoms with E-state index >= 15 is 0 Å². The molecule has 0 aliphatic carbocycles. The van der Waals surface area contributed by atoms with Gasteiger partial charge in [-0.25, -0.2) is 9.96 Å². The first kappa shape index (κ1) is 17.2. The lowest BCUT2D eigenvalue weighted by atomic mass is 9.93. The van der Waals surface area contributed by atoms with E-state index in [0.29, 0.717) is 5.69 Å². The molecule has 2 saturated heterocycles. The van der Waals surface area contributed by atoms with E-state index in [2.05, 4.69) is 22.9 Å². The van der Waals surface area contributed by atoms with Crippen LogP contribution in [0.5, 0.6) is 0 Å². The number of carbonyl (C=O) groups is 2. The number of benzene rings is 2. The van der Waals surface area contributed by atoms with Gasteiger partial charge in [0.25, 0.3) is 5.91 Å². The fourth-order valence-electron chi connectivity index (χ4n) is 3.76. The number of hydroxylamine groups is 1. The number of halogens is 1. The number of hydrogen-bond acceptors (Lipinski definition) is 4. The van der Waals surface area contributed by atoms with Crippen molar-refractivity contribution in [2.75, 3.05) is 9.96 Å². The smallest absolute Gasteiger partial charge is 0.266 e. The van der Waals surface area contributed by atoms with Gasteiger partial charge in [0.15, 0.2) is 6.10 Å². The number of imide groups is 1. The van der Waals surface area contributed by atoms with Crippen molar-refractivity contribution in [3.63, 3.8) is 0 Å². The summed E-state index contributed by atoms with van der Waals surface area (Å²) < 4.78 is 0.899. The molecule has 0 radical (unpaired) electrons. The third-order valence-electron chi connectivity index (χ3n) is 4.92. The molecule has 0 unspecified atom stereocenters. The van der Waals surface area contributed by atoms with Crippen molar-refractivity contribution in [3.05, 3.63) is 59.1 Å². The average Bonchev–Trinajstić information content (AvgIpc) is 3.14. The summed E-state index contributed by atoms with van der Waals surface area (Å²) in [5, 5.41) is 1.76. The summed E-state index contributed by atoms with van der Waals surface area (Å²) >= 11 is 3.38. The fourth-order valence-corrected chi connectivity index (χ4v) is 4.02. The Balaban J connectivity index is 1.67. The van der Waals surface area contributed by atoms with Crippen LogP contribution in [0.3, 0.4) is 0 Å². The van der Waals surface area contributed by atoms with E-state index in [1.54, 1.807) is 17.2 Å². The van der Waals surface area contributed by atoms with Crippen LogP contribution in [0.2, 0.25) is 0 Å². The van der Waals surface area contributed by atoms with Crippen LogP contribution in [0.25, 0.3) is 0 Å². The topological polar surface area (TPSA) is 49.9 Å². The van der Waals surface area contributed by atoms with Gasteiger partial charge >= 0.3 is 0 Å². The molecule has 3 atom stereocenters. The summed E-state index contributed by atoms with van der Waals surface area (Å²) in [6, 6.07) is 16.7. The predicted octanol–water partition coefficient (Wildman–Crippen LogP) is 3.93. The van der Waals surface area contributed by atoms with Crippen LogP contribution in [-0.4, -0.2) is 24.0 Å². The number of rotatable bonds is 4. The van der Waals surface area contributed by atoms with Gasteiger partial charge in [-0.3, -0.25) is 14.4 Å². The highest BCUT2D eigenvalue weighted by molar-refractivity contribution is 9.10. The molecule has 6 heteroatoms. The lowest BCUT2D eigenvalue weighted by molar-refractivity contribution is -0.126. The Morgan fingerprint density at radius 3 is 2.31 bits per heavy atom. The maximum Gasteiger partial charge on any atom is 0.266 e. The second kappa shape index (κ2) is 6.85. The number of amides is 2. The van der Waals surface area contributed by atoms with Crippen LogP contribution >= 0.6 is 15.9 Å². The van der Waals surface area contributed by atoms with Crippen molar-refractivity contribution in [3.8, 4) is 0 Å². The van der Waals surface area contributed by atoms with Crippen molar-refractivity contribution >= 4 is 39.1 Å². The molecule has 0 aromatic heterocycles. The highest BCUT2D eigenvalue weighted by Gasteiger charge is 2.59. The van der Waals surface area contributed by atoms with Gasteiger partial charge in [-0.05, 0) is 42.8 Å². The van der Waals surface area contributed by atoms with Gasteiger partial charge in [0, 0.05) is 4.47 Å². The van der Waals surface area contributed by atoms with E-state index in [1.807, 2.05) is 42.5 Å². The average molecular weight is 415 g/mol. The molecule has 0 spiro atoms. The molecule has 2 fully saturated rings. The van der Waals surface area contributed by atoms with Crippen LogP contribution < -0.4 is 9.96 Å². The molecule has 0 bridgehead atoms. The number of nitrogens with zero attached hydrogens (tertiary/aromatic N) is 2. The lowest BCUT2D eigenvalue weighted by Crippen LogP contribution is -2.40. The monoisotopic (exact) mass is 414 g/mol. The quantitative estimate of drug-likeness (QED) is 0.711. The number of carbonyl (C=O) groups excluding carboxylic acids is 2. The Kier molecular flexibility index (Phi) is 4.54. The van der Waals surface area contributed by atoms with Crippen LogP contribution in [0.4, 0.5) is 11.4 Å². The Hall–Kier alpha value is -2.18. The second-order valence-electron chi connectivity index (χ2n) is 6.56. The summed E-state index contributed by atoms with van der Waals surface area (Å²) in [4.78, 5) is 33.4. The summed E-state index contributed by atoms with van der Waals surface area (Å²) in [5.41, 5.74) is 1.46. The van der Waals surface area contributed by atoms with Crippen LogP contribution in [0.1, 0.15) is 19.8 Å². The molecule has 2 aliphatic rings. The minimum Gasteiger partial charge on any atom is -0.273 e. The first-order valence-electron chi connectivity index (χ1n) is 8.76. The van der Waals surface area contributed by atoms with Gasteiger partial charge in [-0.15, -0.1) is 0 Å². The van der Waals surface area contributed by atoms with E-state index in [9.17, 15) is 9.59 Å². The molecule has 5 nitrogen and oxygen atoms in total. The molecule has 0 N–H and O–H groups in total. The van der Waals surface area contributed by atoms with Crippen molar-refractivity contribution in [2.24, 2.45) is 5.92 Å². The first-order chi connectivity index (χ1) is 12.6. The minimum absolute atomic E-state index is 0.149. The molecule has 2 aliphatic heterocycles. The SMILES string of the molecule is CCC[C@H]1[C@H]2C(=O)N(c3ccc(Br)cc3)C(=O)[C@H]2ON1c1ccccc1. The zero-order valence-electron chi connectivity index (χ0n) is 14.3. The largest absolute Gasteiger partial charge is 0.273 e. The van der Waals surface area contributed by atoms with Crippen molar-refractivity contribution in [2.45, 2.75) is 31.9 Å². The molecule has 4 rings (SSSR count). The zero-order chi connectivity index (χ0) is 18.3. The van der Waals surface area contributed by atoms with E-state index < -0.39 is 12.0 Å². The normalized spacial score (nSPS) is 25.1. The standard InChI is InChI=1S/C20H19BrN2O3/c1-2-6-16-17-18(26-23(16)15-7-4-3-5-8-15)20(25)22(19(17)24)14-11-9-13(21)10-12-14/h3-5,7-12,16-18H,2,6H2,1H3/t16-,17+,18-/m0/s1. The number of anilines is 2. The molecule has 26 heavy (non-hydrogen) atoms. The Bertz CT molecular complexity index is 825. The van der Waals surface area contributed by atoms with Crippen LogP contribution in [-0.2, 0) is 14.4 Å². The van der Waals surface area contributed by atoms with Crippen molar-refractivity contribution in [1.29, 1.82) is 0 Å². The van der Waals surface area contributed by atoms with Gasteiger partial charge in [0.05, 0.1) is 23.3 Å². The van der Waals surface area contributed by atoms with Crippen molar-refractivity contribution < 1.29 is 14.4 Å². The zero-order valence-corrected chi connectivity index (χ0v) is 15.9. The predicted molar refractivity (Wildman–Crippen MR) is 103 cm³/mol. The maximum atomic E-state index is 13.1. The number of fused-ring (bicyclic) bond motifs is 1. The van der Waals surface area contributed by atoms with E-state index in [4.69, 9.17) is 4.84 Å². The van der Waals surface area contributed by atoms with Gasteiger partial charge in [-0.2, -0.15) is 0 Å². The Labute approximate surface area is 160 Å². The first-order valence-corrected chi connectivity index (χ1v) is 9.55. The molecular formula is C20H19BrN2O3. The molecule has 0 saturated carbocycles. The van der Waals surface area contributed by atoms with Gasteiger partial charge < -0.3 is 0 Å². The summed E-state index contributed by atoms with van der Waals surface area (Å²) in [6.45, 7) is 2.07.